The van der Waals surface area contributed by atoms with Gasteiger partial charge in [0.25, 0.3) is 5.91 Å². The normalized spacial score (nSPS) is 20.8. The van der Waals surface area contributed by atoms with Crippen molar-refractivity contribution in [1.82, 2.24) is 9.88 Å². The number of fused-ring (bicyclic) bond motifs is 2. The van der Waals surface area contributed by atoms with E-state index in [0.717, 1.165) is 71.8 Å². The Hall–Kier alpha value is -3.67. The number of amides is 1. The van der Waals surface area contributed by atoms with E-state index in [4.69, 9.17) is 9.72 Å². The van der Waals surface area contributed by atoms with E-state index in [1.54, 1.807) is 12.1 Å². The zero-order chi connectivity index (χ0) is 25.2. The first-order chi connectivity index (χ1) is 17.4. The Morgan fingerprint density at radius 3 is 2.50 bits per heavy atom. The van der Waals surface area contributed by atoms with Crippen molar-refractivity contribution in [3.05, 3.63) is 70.9 Å². The molecule has 186 valence electrons. The van der Waals surface area contributed by atoms with Gasteiger partial charge in [-0.25, -0.2) is 9.78 Å². The van der Waals surface area contributed by atoms with Crippen molar-refractivity contribution in [2.45, 2.75) is 64.5 Å². The molecule has 5 rings (SSSR count). The van der Waals surface area contributed by atoms with Crippen LogP contribution in [0.4, 0.5) is 0 Å². The summed E-state index contributed by atoms with van der Waals surface area (Å²) < 4.78 is 5.68. The second kappa shape index (κ2) is 10.1. The number of benzene rings is 2. The molecular weight excluding hydrogens is 452 g/mol. The van der Waals surface area contributed by atoms with Crippen molar-refractivity contribution in [3.8, 4) is 5.75 Å². The monoisotopic (exact) mass is 484 g/mol. The van der Waals surface area contributed by atoms with Gasteiger partial charge in [-0.1, -0.05) is 30.3 Å². The lowest BCUT2D eigenvalue weighted by Crippen LogP contribution is -2.49. The van der Waals surface area contributed by atoms with E-state index in [1.807, 2.05) is 41.3 Å². The number of likely N-dealkylation sites (tertiary alicyclic amines) is 1. The van der Waals surface area contributed by atoms with Crippen molar-refractivity contribution < 1.29 is 19.4 Å². The van der Waals surface area contributed by atoms with Crippen molar-refractivity contribution in [2.75, 3.05) is 6.61 Å². The predicted octanol–water partition coefficient (Wildman–Crippen LogP) is 5.76. The van der Waals surface area contributed by atoms with E-state index in [-0.39, 0.29) is 30.3 Å². The lowest BCUT2D eigenvalue weighted by molar-refractivity contribution is -0.140. The van der Waals surface area contributed by atoms with Gasteiger partial charge < -0.3 is 14.7 Å². The summed E-state index contributed by atoms with van der Waals surface area (Å²) in [4.78, 5) is 33.3. The molecule has 0 radical (unpaired) electrons. The molecule has 1 fully saturated rings. The maximum atomic E-state index is 13.5. The van der Waals surface area contributed by atoms with Crippen LogP contribution in [0.15, 0.2) is 48.5 Å². The number of carbonyl (C=O) groups excluding carboxylic acids is 2. The van der Waals surface area contributed by atoms with Gasteiger partial charge >= 0.3 is 5.97 Å². The highest BCUT2D eigenvalue weighted by atomic mass is 16.5. The largest absolute Gasteiger partial charge is 0.508 e. The first kappa shape index (κ1) is 24.0. The number of hydrogen-bond acceptors (Lipinski definition) is 5. The Balaban J connectivity index is 1.48. The smallest absolute Gasteiger partial charge is 0.339 e. The number of pyridine rings is 1. The third kappa shape index (κ3) is 4.72. The Morgan fingerprint density at radius 2 is 1.75 bits per heavy atom. The topological polar surface area (TPSA) is 79.7 Å². The van der Waals surface area contributed by atoms with Gasteiger partial charge in [0, 0.05) is 17.5 Å². The number of aromatic nitrogens is 1. The number of aromatic hydroxyl groups is 1. The third-order valence-electron chi connectivity index (χ3n) is 7.42. The number of phenolic OH excluding ortho intramolecular Hbond substituents is 1. The number of esters is 1. The standard InChI is InChI=1S/C30H32N2O4/c1-19-7-5-8-20(2)32(19)27(34)18-36-30(35)28-24-10-3-4-12-26(24)31-29-22(9-6-11-25(28)29)17-21-13-15-23(33)16-14-21/h3-4,10,12-17,19-20,33H,5-9,11,18H2,1-2H3/b22-17-/t19-,20+. The fourth-order valence-corrected chi connectivity index (χ4v) is 5.67. The Bertz CT molecular complexity index is 1320. The van der Waals surface area contributed by atoms with Gasteiger partial charge in [-0.15, -0.1) is 0 Å². The van der Waals surface area contributed by atoms with Crippen LogP contribution < -0.4 is 0 Å². The molecule has 2 heterocycles. The lowest BCUT2D eigenvalue weighted by Gasteiger charge is -2.38. The number of ether oxygens (including phenoxy) is 1. The molecule has 0 bridgehead atoms. The van der Waals surface area contributed by atoms with Crippen LogP contribution in [0, 0.1) is 0 Å². The minimum absolute atomic E-state index is 0.136. The van der Waals surface area contributed by atoms with Crippen molar-refractivity contribution >= 4 is 34.4 Å². The summed E-state index contributed by atoms with van der Waals surface area (Å²) in [6.45, 7) is 3.86. The molecule has 2 aromatic carbocycles. The van der Waals surface area contributed by atoms with Crippen LogP contribution in [0.2, 0.25) is 0 Å². The first-order valence-electron chi connectivity index (χ1n) is 12.8. The molecule has 1 amide bonds. The Labute approximate surface area is 211 Å². The van der Waals surface area contributed by atoms with Crippen LogP contribution in [0.1, 0.15) is 73.1 Å². The minimum atomic E-state index is -0.471. The Kier molecular flexibility index (Phi) is 6.77. The molecule has 0 unspecified atom stereocenters. The molecule has 2 aliphatic rings. The number of allylic oxidation sites excluding steroid dienone is 1. The van der Waals surface area contributed by atoms with Crippen LogP contribution in [-0.4, -0.2) is 45.6 Å². The van der Waals surface area contributed by atoms with Gasteiger partial charge in [0.2, 0.25) is 0 Å². The zero-order valence-electron chi connectivity index (χ0n) is 20.9. The molecule has 1 aliphatic carbocycles. The highest BCUT2D eigenvalue weighted by Gasteiger charge is 2.31. The average molecular weight is 485 g/mol. The molecular formula is C30H32N2O4. The molecule has 6 heteroatoms. The van der Waals surface area contributed by atoms with Crippen LogP contribution in [0.3, 0.4) is 0 Å². The summed E-state index contributed by atoms with van der Waals surface area (Å²) in [6.07, 6.45) is 7.58. The molecule has 2 atom stereocenters. The van der Waals surface area contributed by atoms with E-state index >= 15 is 0 Å². The summed E-state index contributed by atoms with van der Waals surface area (Å²) in [7, 11) is 0. The number of hydrogen-bond donors (Lipinski definition) is 1. The number of nitrogens with zero attached hydrogens (tertiary/aromatic N) is 2. The van der Waals surface area contributed by atoms with Gasteiger partial charge in [0.1, 0.15) is 5.75 Å². The van der Waals surface area contributed by atoms with Gasteiger partial charge in [-0.05, 0) is 93.3 Å². The van der Waals surface area contributed by atoms with Gasteiger partial charge in [0.05, 0.1) is 16.8 Å². The second-order valence-electron chi connectivity index (χ2n) is 9.95. The van der Waals surface area contributed by atoms with Crippen molar-refractivity contribution in [2.24, 2.45) is 0 Å². The van der Waals surface area contributed by atoms with E-state index < -0.39 is 5.97 Å². The molecule has 3 aromatic rings. The van der Waals surface area contributed by atoms with E-state index in [2.05, 4.69) is 19.9 Å². The molecule has 1 aliphatic heterocycles. The van der Waals surface area contributed by atoms with E-state index in [0.29, 0.717) is 5.56 Å². The fourth-order valence-electron chi connectivity index (χ4n) is 5.67. The summed E-state index contributed by atoms with van der Waals surface area (Å²) in [6, 6.07) is 15.0. The molecule has 1 saturated heterocycles. The number of phenols is 1. The zero-order valence-corrected chi connectivity index (χ0v) is 20.9. The summed E-state index contributed by atoms with van der Waals surface area (Å²) in [5.41, 5.74) is 4.94. The highest BCUT2D eigenvalue weighted by Crippen LogP contribution is 2.36. The van der Waals surface area contributed by atoms with Crippen LogP contribution in [0.25, 0.3) is 22.6 Å². The maximum Gasteiger partial charge on any atom is 0.339 e. The van der Waals surface area contributed by atoms with Gasteiger partial charge in [0.15, 0.2) is 6.61 Å². The summed E-state index contributed by atoms with van der Waals surface area (Å²) in [5, 5.41) is 10.4. The number of piperidine rings is 1. The number of para-hydroxylation sites is 1. The fraction of sp³-hybridized carbons (Fsp3) is 0.367. The molecule has 36 heavy (non-hydrogen) atoms. The molecule has 0 spiro atoms. The van der Waals surface area contributed by atoms with E-state index in [9.17, 15) is 14.7 Å². The number of rotatable bonds is 4. The van der Waals surface area contributed by atoms with Crippen LogP contribution >= 0.6 is 0 Å². The lowest BCUT2D eigenvalue weighted by atomic mass is 9.86. The first-order valence-corrected chi connectivity index (χ1v) is 12.8. The van der Waals surface area contributed by atoms with E-state index in [1.165, 1.54) is 0 Å². The molecule has 0 saturated carbocycles. The SMILES string of the molecule is C[C@@H]1CCC[C@H](C)N1C(=O)COC(=O)c1c2c(nc3ccccc13)/C(=C\c1ccc(O)cc1)CCC2. The average Bonchev–Trinajstić information content (AvgIpc) is 2.87. The Morgan fingerprint density at radius 1 is 1.03 bits per heavy atom. The van der Waals surface area contributed by atoms with Gasteiger partial charge in [-0.3, -0.25) is 4.79 Å². The quantitative estimate of drug-likeness (QED) is 0.476. The van der Waals surface area contributed by atoms with Crippen LogP contribution in [-0.2, 0) is 16.0 Å². The van der Waals surface area contributed by atoms with Gasteiger partial charge in [-0.2, -0.15) is 0 Å². The second-order valence-corrected chi connectivity index (χ2v) is 9.95. The van der Waals surface area contributed by atoms with Crippen molar-refractivity contribution in [1.29, 1.82) is 0 Å². The summed E-state index contributed by atoms with van der Waals surface area (Å²) in [5.74, 6) is -0.386. The highest BCUT2D eigenvalue weighted by molar-refractivity contribution is 6.07. The van der Waals surface area contributed by atoms with Crippen LogP contribution in [0.5, 0.6) is 5.75 Å². The molecule has 1 N–H and O–H groups in total. The maximum absolute atomic E-state index is 13.5. The molecule has 6 nitrogen and oxygen atoms in total. The summed E-state index contributed by atoms with van der Waals surface area (Å²) >= 11 is 0. The number of carbonyl (C=O) groups is 2. The molecule has 1 aromatic heterocycles. The third-order valence-corrected chi connectivity index (χ3v) is 7.42. The predicted molar refractivity (Wildman–Crippen MR) is 141 cm³/mol. The minimum Gasteiger partial charge on any atom is -0.508 e. The van der Waals surface area contributed by atoms with Crippen molar-refractivity contribution in [3.63, 3.8) is 0 Å².